The van der Waals surface area contributed by atoms with Crippen molar-refractivity contribution in [1.82, 2.24) is 0 Å². The molecule has 0 radical (unpaired) electrons. The molecular formula is C13H14F3NO3S. The van der Waals surface area contributed by atoms with Gasteiger partial charge in [-0.3, -0.25) is 4.79 Å². The largest absolute Gasteiger partial charge is 0.478 e. The number of carbonyl (C=O) groups is 2. The second-order valence-electron chi connectivity index (χ2n) is 4.51. The van der Waals surface area contributed by atoms with E-state index in [4.69, 9.17) is 5.11 Å². The van der Waals surface area contributed by atoms with Gasteiger partial charge in [0, 0.05) is 5.69 Å². The van der Waals surface area contributed by atoms with Crippen LogP contribution in [0.5, 0.6) is 0 Å². The van der Waals surface area contributed by atoms with Gasteiger partial charge in [-0.05, 0) is 23.4 Å². The van der Waals surface area contributed by atoms with Gasteiger partial charge in [-0.1, -0.05) is 13.8 Å². The first-order chi connectivity index (χ1) is 9.59. The number of amides is 1. The zero-order valence-electron chi connectivity index (χ0n) is 11.3. The van der Waals surface area contributed by atoms with E-state index in [-0.39, 0.29) is 16.7 Å². The van der Waals surface area contributed by atoms with Gasteiger partial charge < -0.3 is 10.4 Å². The van der Waals surface area contributed by atoms with Crippen molar-refractivity contribution in [2.75, 3.05) is 11.1 Å². The average Bonchev–Trinajstić information content (AvgIpc) is 2.34. The van der Waals surface area contributed by atoms with Crippen LogP contribution in [0.3, 0.4) is 0 Å². The highest BCUT2D eigenvalue weighted by Crippen LogP contribution is 2.32. The predicted octanol–water partition coefficient (Wildman–Crippen LogP) is 3.48. The summed E-state index contributed by atoms with van der Waals surface area (Å²) in [6, 6.07) is 2.24. The van der Waals surface area contributed by atoms with Crippen LogP contribution in [0.2, 0.25) is 0 Å². The Morgan fingerprint density at radius 3 is 2.38 bits per heavy atom. The Morgan fingerprint density at radius 1 is 1.29 bits per heavy atom. The van der Waals surface area contributed by atoms with Crippen LogP contribution in [-0.2, 0) is 11.0 Å². The zero-order chi connectivity index (χ0) is 16.2. The van der Waals surface area contributed by atoms with Crippen LogP contribution in [-0.4, -0.2) is 28.0 Å². The summed E-state index contributed by atoms with van der Waals surface area (Å²) in [7, 11) is 0. The average molecular weight is 321 g/mol. The molecule has 0 fully saturated rings. The molecule has 21 heavy (non-hydrogen) atoms. The van der Waals surface area contributed by atoms with Crippen LogP contribution >= 0.6 is 11.8 Å². The first-order valence-corrected chi connectivity index (χ1v) is 7.01. The third kappa shape index (κ3) is 5.66. The lowest BCUT2D eigenvalue weighted by atomic mass is 10.1. The lowest BCUT2D eigenvalue weighted by molar-refractivity contribution is -0.137. The van der Waals surface area contributed by atoms with E-state index in [0.717, 1.165) is 6.07 Å². The number of nitrogens with one attached hydrogen (secondary N) is 1. The second kappa shape index (κ2) is 6.84. The summed E-state index contributed by atoms with van der Waals surface area (Å²) in [5.41, 5.74) is -1.83. The molecule has 4 nitrogen and oxygen atoms in total. The van der Waals surface area contributed by atoms with Crippen molar-refractivity contribution in [1.29, 1.82) is 0 Å². The quantitative estimate of drug-likeness (QED) is 0.871. The Labute approximate surface area is 123 Å². The van der Waals surface area contributed by atoms with Crippen LogP contribution < -0.4 is 5.32 Å². The van der Waals surface area contributed by atoms with Crippen LogP contribution in [0.25, 0.3) is 0 Å². The standard InChI is InChI=1S/C13H14F3NO3S/c1-7(2)21-6-11(18)17-10-4-8(12(19)20)3-9(5-10)13(14,15)16/h3-5,7H,6H2,1-2H3,(H,17,18)(H,19,20). The normalized spacial score (nSPS) is 11.5. The molecule has 0 saturated heterocycles. The van der Waals surface area contributed by atoms with E-state index in [1.165, 1.54) is 11.8 Å². The molecule has 0 aliphatic carbocycles. The molecule has 0 saturated carbocycles. The van der Waals surface area contributed by atoms with Crippen LogP contribution in [0.4, 0.5) is 18.9 Å². The van der Waals surface area contributed by atoms with Crippen molar-refractivity contribution in [3.05, 3.63) is 29.3 Å². The summed E-state index contributed by atoms with van der Waals surface area (Å²) in [5.74, 6) is -1.89. The van der Waals surface area contributed by atoms with Crippen molar-refractivity contribution in [3.8, 4) is 0 Å². The summed E-state index contributed by atoms with van der Waals surface area (Å²) in [4.78, 5) is 22.4. The molecule has 2 N–H and O–H groups in total. The topological polar surface area (TPSA) is 66.4 Å². The molecule has 116 valence electrons. The number of carboxylic acids is 1. The molecule has 0 aliphatic heterocycles. The number of hydrogen-bond donors (Lipinski definition) is 2. The molecule has 0 aliphatic rings. The molecule has 0 unspecified atom stereocenters. The maximum Gasteiger partial charge on any atom is 0.416 e. The lowest BCUT2D eigenvalue weighted by Crippen LogP contribution is -2.17. The Hall–Kier alpha value is -1.70. The summed E-state index contributed by atoms with van der Waals surface area (Å²) in [6.07, 6.45) is -4.68. The molecular weight excluding hydrogens is 307 g/mol. The van der Waals surface area contributed by atoms with Crippen molar-refractivity contribution < 1.29 is 27.9 Å². The minimum atomic E-state index is -4.68. The molecule has 8 heteroatoms. The third-order valence-corrected chi connectivity index (χ3v) is 3.43. The van der Waals surface area contributed by atoms with E-state index >= 15 is 0 Å². The van der Waals surface area contributed by atoms with Gasteiger partial charge in [0.05, 0.1) is 16.9 Å². The fourth-order valence-electron chi connectivity index (χ4n) is 1.43. The molecule has 0 bridgehead atoms. The Bertz CT molecular complexity index is 544. The van der Waals surface area contributed by atoms with Gasteiger partial charge in [-0.2, -0.15) is 13.2 Å². The van der Waals surface area contributed by atoms with Gasteiger partial charge in [-0.25, -0.2) is 4.79 Å². The van der Waals surface area contributed by atoms with Crippen LogP contribution in [0, 0.1) is 0 Å². The summed E-state index contributed by atoms with van der Waals surface area (Å²) in [6.45, 7) is 3.76. The number of halogens is 3. The number of carbonyl (C=O) groups excluding carboxylic acids is 1. The monoisotopic (exact) mass is 321 g/mol. The fraction of sp³-hybridized carbons (Fsp3) is 0.385. The van der Waals surface area contributed by atoms with Gasteiger partial charge in [0.25, 0.3) is 0 Å². The fourth-order valence-corrected chi connectivity index (χ4v) is 1.98. The number of aromatic carboxylic acids is 1. The van der Waals surface area contributed by atoms with E-state index in [1.54, 1.807) is 0 Å². The molecule has 0 spiro atoms. The van der Waals surface area contributed by atoms with Gasteiger partial charge >= 0.3 is 12.1 Å². The van der Waals surface area contributed by atoms with Crippen molar-refractivity contribution in [2.45, 2.75) is 25.3 Å². The van der Waals surface area contributed by atoms with Crippen molar-refractivity contribution in [2.24, 2.45) is 0 Å². The van der Waals surface area contributed by atoms with Crippen LogP contribution in [0.1, 0.15) is 29.8 Å². The summed E-state index contributed by atoms with van der Waals surface area (Å²) < 4.78 is 38.1. The highest BCUT2D eigenvalue weighted by atomic mass is 32.2. The maximum atomic E-state index is 12.7. The number of carboxylic acid groups (broad SMARTS) is 1. The SMILES string of the molecule is CC(C)SCC(=O)Nc1cc(C(=O)O)cc(C(F)(F)F)c1. The van der Waals surface area contributed by atoms with E-state index in [1.807, 2.05) is 13.8 Å². The Kier molecular flexibility index (Phi) is 5.65. The van der Waals surface area contributed by atoms with E-state index in [0.29, 0.717) is 12.1 Å². The van der Waals surface area contributed by atoms with Gasteiger partial charge in [-0.15, -0.1) is 11.8 Å². The number of alkyl halides is 3. The highest BCUT2D eigenvalue weighted by Gasteiger charge is 2.32. The maximum absolute atomic E-state index is 12.7. The Balaban J connectivity index is 2.98. The lowest BCUT2D eigenvalue weighted by Gasteiger charge is -2.12. The molecule has 1 aromatic carbocycles. The van der Waals surface area contributed by atoms with Gasteiger partial charge in [0.1, 0.15) is 0 Å². The molecule has 1 amide bonds. The van der Waals surface area contributed by atoms with Gasteiger partial charge in [0.2, 0.25) is 5.91 Å². The third-order valence-electron chi connectivity index (χ3n) is 2.34. The van der Waals surface area contributed by atoms with E-state index in [9.17, 15) is 22.8 Å². The molecule has 0 atom stereocenters. The van der Waals surface area contributed by atoms with Crippen molar-refractivity contribution >= 4 is 29.3 Å². The van der Waals surface area contributed by atoms with Crippen LogP contribution in [0.15, 0.2) is 18.2 Å². The number of thioether (sulfide) groups is 1. The van der Waals surface area contributed by atoms with Crippen molar-refractivity contribution in [3.63, 3.8) is 0 Å². The zero-order valence-corrected chi connectivity index (χ0v) is 12.1. The smallest absolute Gasteiger partial charge is 0.416 e. The first-order valence-electron chi connectivity index (χ1n) is 5.96. The molecule has 0 aromatic heterocycles. The van der Waals surface area contributed by atoms with Gasteiger partial charge in [0.15, 0.2) is 0 Å². The number of rotatable bonds is 5. The van der Waals surface area contributed by atoms with E-state index in [2.05, 4.69) is 5.32 Å². The molecule has 0 heterocycles. The predicted molar refractivity (Wildman–Crippen MR) is 74.6 cm³/mol. The number of benzene rings is 1. The summed E-state index contributed by atoms with van der Waals surface area (Å²) in [5, 5.41) is 11.3. The van der Waals surface area contributed by atoms with E-state index < -0.39 is 29.2 Å². The highest BCUT2D eigenvalue weighted by molar-refractivity contribution is 8.00. The first kappa shape index (κ1) is 17.4. The number of anilines is 1. The number of hydrogen-bond acceptors (Lipinski definition) is 3. The second-order valence-corrected chi connectivity index (χ2v) is 6.07. The Morgan fingerprint density at radius 2 is 1.90 bits per heavy atom. The minimum absolute atomic E-state index is 0.0797. The summed E-state index contributed by atoms with van der Waals surface area (Å²) >= 11 is 1.33. The molecule has 1 aromatic rings. The molecule has 1 rings (SSSR count). The minimum Gasteiger partial charge on any atom is -0.478 e.